The minimum Gasteiger partial charge on any atom is -0.493 e. The van der Waals surface area contributed by atoms with Crippen LogP contribution in [0.5, 0.6) is 5.75 Å². The molecule has 1 atom stereocenters. The molecule has 1 aliphatic rings. The fourth-order valence-corrected chi connectivity index (χ4v) is 3.04. The Morgan fingerprint density at radius 3 is 2.96 bits per heavy atom. The molecule has 2 heterocycles. The van der Waals surface area contributed by atoms with Crippen LogP contribution in [0.3, 0.4) is 0 Å². The average Bonchev–Trinajstić information content (AvgIpc) is 2.80. The van der Waals surface area contributed by atoms with Gasteiger partial charge >= 0.3 is 0 Å². The van der Waals surface area contributed by atoms with Crippen LogP contribution in [0, 0.1) is 0 Å². The van der Waals surface area contributed by atoms with Gasteiger partial charge in [-0.2, -0.15) is 0 Å². The van der Waals surface area contributed by atoms with E-state index in [1.54, 1.807) is 10.6 Å². The number of hydrogen-bond donors (Lipinski definition) is 2. The smallest absolute Gasteiger partial charge is 0.189 e. The summed E-state index contributed by atoms with van der Waals surface area (Å²) in [6, 6.07) is 9.85. The molecule has 0 saturated carbocycles. The van der Waals surface area contributed by atoms with Gasteiger partial charge in [0.05, 0.1) is 24.2 Å². The summed E-state index contributed by atoms with van der Waals surface area (Å²) in [7, 11) is 1.84. The monoisotopic (exact) mass is 352 g/mol. The van der Waals surface area contributed by atoms with E-state index in [2.05, 4.69) is 10.3 Å². The molecule has 0 amide bonds. The van der Waals surface area contributed by atoms with E-state index in [1.807, 2.05) is 31.3 Å². The predicted octanol–water partition coefficient (Wildman–Crippen LogP) is 3.26. The number of fused-ring (bicyclic) bond motifs is 1. The second-order valence-corrected chi connectivity index (χ2v) is 6.17. The van der Waals surface area contributed by atoms with Crippen molar-refractivity contribution in [2.75, 3.05) is 6.61 Å². The van der Waals surface area contributed by atoms with E-state index < -0.39 is 0 Å². The zero-order valence-electron chi connectivity index (χ0n) is 12.7. The Kier molecular flexibility index (Phi) is 4.68. The maximum absolute atomic E-state index is 6.05. The molecule has 1 aromatic carbocycles. The van der Waals surface area contributed by atoms with Crippen molar-refractivity contribution in [2.45, 2.75) is 19.0 Å². The van der Waals surface area contributed by atoms with Gasteiger partial charge in [-0.05, 0) is 12.1 Å². The number of aliphatic imine (C=N–C) groups is 1. The minimum absolute atomic E-state index is 0.101. The molecule has 7 heteroatoms. The highest BCUT2D eigenvalue weighted by atomic mass is 35.5. The van der Waals surface area contributed by atoms with Crippen LogP contribution < -0.4 is 15.8 Å². The van der Waals surface area contributed by atoms with E-state index in [4.69, 9.17) is 33.7 Å². The lowest BCUT2D eigenvalue weighted by Gasteiger charge is -2.26. The third-order valence-electron chi connectivity index (χ3n) is 3.91. The van der Waals surface area contributed by atoms with Crippen LogP contribution in [0.1, 0.15) is 23.7 Å². The first-order valence-corrected chi connectivity index (χ1v) is 8.09. The zero-order chi connectivity index (χ0) is 16.4. The molecule has 0 radical (unpaired) electrons. The molecule has 1 aliphatic heterocycles. The lowest BCUT2D eigenvalue weighted by atomic mass is 10.0. The van der Waals surface area contributed by atoms with Crippen molar-refractivity contribution in [3.8, 4) is 5.75 Å². The lowest BCUT2D eigenvalue weighted by molar-refractivity contribution is 0.262. The summed E-state index contributed by atoms with van der Waals surface area (Å²) in [4.78, 5) is 4.38. The molecular weight excluding hydrogens is 335 g/mol. The number of ether oxygens (including phenoxy) is 1. The predicted molar refractivity (Wildman–Crippen MR) is 93.2 cm³/mol. The van der Waals surface area contributed by atoms with E-state index in [9.17, 15) is 0 Å². The van der Waals surface area contributed by atoms with Gasteiger partial charge in [-0.1, -0.05) is 41.4 Å². The second kappa shape index (κ2) is 6.72. The molecular formula is C16H18Cl2N4O. The molecule has 1 aromatic heterocycles. The van der Waals surface area contributed by atoms with E-state index in [0.29, 0.717) is 29.3 Å². The van der Waals surface area contributed by atoms with Gasteiger partial charge < -0.3 is 20.4 Å². The Labute approximate surface area is 145 Å². The Morgan fingerprint density at radius 2 is 2.22 bits per heavy atom. The summed E-state index contributed by atoms with van der Waals surface area (Å²) in [6.07, 6.45) is 0.842. The number of nitrogens with zero attached hydrogens (tertiary/aromatic N) is 2. The highest BCUT2D eigenvalue weighted by molar-refractivity contribution is 6.41. The highest BCUT2D eigenvalue weighted by Gasteiger charge is 2.21. The first kappa shape index (κ1) is 16.0. The molecule has 2 aromatic rings. The molecule has 0 bridgehead atoms. The third-order valence-corrected chi connectivity index (χ3v) is 4.75. The van der Waals surface area contributed by atoms with Gasteiger partial charge in [-0.3, -0.25) is 0 Å². The zero-order valence-corrected chi connectivity index (χ0v) is 14.2. The molecule has 0 fully saturated rings. The molecule has 0 saturated heterocycles. The number of nitrogens with one attached hydrogen (secondary N) is 1. The highest BCUT2D eigenvalue weighted by Crippen LogP contribution is 2.31. The van der Waals surface area contributed by atoms with Gasteiger partial charge in [-0.15, -0.1) is 0 Å². The van der Waals surface area contributed by atoms with Crippen LogP contribution in [0.4, 0.5) is 0 Å². The van der Waals surface area contributed by atoms with E-state index in [0.717, 1.165) is 23.4 Å². The topological polar surface area (TPSA) is 64.6 Å². The van der Waals surface area contributed by atoms with Crippen LogP contribution in [-0.2, 0) is 13.6 Å². The number of benzene rings is 1. The van der Waals surface area contributed by atoms with Crippen LogP contribution >= 0.6 is 23.2 Å². The fraction of sp³-hybridized carbons (Fsp3) is 0.312. The summed E-state index contributed by atoms with van der Waals surface area (Å²) < 4.78 is 7.44. The van der Waals surface area contributed by atoms with Gasteiger partial charge in [-0.25, -0.2) is 4.99 Å². The number of guanidine groups is 1. The quantitative estimate of drug-likeness (QED) is 0.658. The summed E-state index contributed by atoms with van der Waals surface area (Å²) in [5.74, 6) is 1.28. The maximum atomic E-state index is 6.05. The fourth-order valence-electron chi connectivity index (χ4n) is 2.62. The first-order chi connectivity index (χ1) is 11.1. The number of hydrogen-bond acceptors (Lipinski definition) is 2. The van der Waals surface area contributed by atoms with E-state index in [1.165, 1.54) is 0 Å². The number of aromatic nitrogens is 1. The Hall–Kier alpha value is -1.85. The summed E-state index contributed by atoms with van der Waals surface area (Å²) >= 11 is 12.0. The third kappa shape index (κ3) is 3.41. The minimum atomic E-state index is 0.101. The number of para-hydroxylation sites is 1. The summed E-state index contributed by atoms with van der Waals surface area (Å²) in [5, 5.41) is 4.28. The molecule has 1 unspecified atom stereocenters. The van der Waals surface area contributed by atoms with Gasteiger partial charge in [0.25, 0.3) is 0 Å². The lowest BCUT2D eigenvalue weighted by Crippen LogP contribution is -2.37. The van der Waals surface area contributed by atoms with Crippen molar-refractivity contribution in [3.63, 3.8) is 0 Å². The van der Waals surface area contributed by atoms with Crippen molar-refractivity contribution in [3.05, 3.63) is 51.8 Å². The average molecular weight is 353 g/mol. The van der Waals surface area contributed by atoms with E-state index in [-0.39, 0.29) is 6.04 Å². The first-order valence-electron chi connectivity index (χ1n) is 7.34. The summed E-state index contributed by atoms with van der Waals surface area (Å²) in [6.45, 7) is 1.07. The normalized spacial score (nSPS) is 17.5. The van der Waals surface area contributed by atoms with E-state index >= 15 is 0 Å². The second-order valence-electron chi connectivity index (χ2n) is 5.41. The standard InChI is InChI=1S/C16H18Cl2N4O/c1-22-10(8-12(17)15(22)18)9-20-16(19)21-13-6-7-23-14-5-3-2-4-11(13)14/h2-5,8,13H,6-7,9H2,1H3,(H3,19,20,21). The van der Waals surface area contributed by atoms with Crippen LogP contribution in [-0.4, -0.2) is 17.1 Å². The summed E-state index contributed by atoms with van der Waals surface area (Å²) in [5.41, 5.74) is 8.03. The Balaban J connectivity index is 1.70. The molecule has 122 valence electrons. The number of rotatable bonds is 3. The molecule has 23 heavy (non-hydrogen) atoms. The Morgan fingerprint density at radius 1 is 1.43 bits per heavy atom. The van der Waals surface area contributed by atoms with Crippen LogP contribution in [0.2, 0.25) is 10.2 Å². The van der Waals surface area contributed by atoms with Crippen LogP contribution in [0.15, 0.2) is 35.3 Å². The van der Waals surface area contributed by atoms with Gasteiger partial charge in [0, 0.05) is 24.7 Å². The van der Waals surface area contributed by atoms with Crippen molar-refractivity contribution in [1.29, 1.82) is 0 Å². The van der Waals surface area contributed by atoms with Crippen molar-refractivity contribution in [2.24, 2.45) is 17.8 Å². The van der Waals surface area contributed by atoms with Crippen molar-refractivity contribution in [1.82, 2.24) is 9.88 Å². The van der Waals surface area contributed by atoms with Crippen LogP contribution in [0.25, 0.3) is 0 Å². The van der Waals surface area contributed by atoms with Gasteiger partial charge in [0.1, 0.15) is 10.9 Å². The number of halogens is 2. The molecule has 3 rings (SSSR count). The van der Waals surface area contributed by atoms with Crippen molar-refractivity contribution < 1.29 is 4.74 Å². The molecule has 3 N–H and O–H groups in total. The Bertz CT molecular complexity index is 742. The van der Waals surface area contributed by atoms with Gasteiger partial charge in [0.15, 0.2) is 5.96 Å². The van der Waals surface area contributed by atoms with Crippen molar-refractivity contribution >= 4 is 29.2 Å². The largest absolute Gasteiger partial charge is 0.493 e. The molecule has 0 aliphatic carbocycles. The molecule has 5 nitrogen and oxygen atoms in total. The number of nitrogens with two attached hydrogens (primary N) is 1. The molecule has 0 spiro atoms. The van der Waals surface area contributed by atoms with Gasteiger partial charge in [0.2, 0.25) is 0 Å². The SMILES string of the molecule is Cn1c(CN=C(N)NC2CCOc3ccccc32)cc(Cl)c1Cl. The maximum Gasteiger partial charge on any atom is 0.189 e.